The Morgan fingerprint density at radius 1 is 1.46 bits per heavy atom. The summed E-state index contributed by atoms with van der Waals surface area (Å²) in [5.41, 5.74) is -0.915. The van der Waals surface area contributed by atoms with Gasteiger partial charge in [0.25, 0.3) is 5.91 Å². The summed E-state index contributed by atoms with van der Waals surface area (Å²) in [6.07, 6.45) is 0.171. The Morgan fingerprint density at radius 3 is 2.96 bits per heavy atom. The molecule has 0 saturated carbocycles. The van der Waals surface area contributed by atoms with Crippen molar-refractivity contribution in [3.05, 3.63) is 59.9 Å². The fourth-order valence-electron chi connectivity index (χ4n) is 3.09. The molecule has 0 unspecified atom stereocenters. The first kappa shape index (κ1) is 18.4. The molecule has 7 nitrogen and oxygen atoms in total. The third kappa shape index (κ3) is 3.87. The number of carbonyl (C=O) groups excluding carboxylic acids is 1. The van der Waals surface area contributed by atoms with Gasteiger partial charge in [0, 0.05) is 19.2 Å². The number of rotatable bonds is 4. The molecular weight excluding hydrogens is 341 g/mol. The number of carbonyl (C=O) groups is 1. The summed E-state index contributed by atoms with van der Waals surface area (Å²) in [5, 5.41) is 23.9. The summed E-state index contributed by atoms with van der Waals surface area (Å²) in [5.74, 6) is -0.903. The molecule has 2 aromatic rings. The van der Waals surface area contributed by atoms with Crippen LogP contribution < -0.4 is 5.32 Å². The van der Waals surface area contributed by atoms with E-state index in [-0.39, 0.29) is 18.7 Å². The van der Waals surface area contributed by atoms with Crippen LogP contribution in [0, 0.1) is 5.82 Å². The Balaban J connectivity index is 1.74. The van der Waals surface area contributed by atoms with Gasteiger partial charge in [-0.2, -0.15) is 0 Å². The van der Waals surface area contributed by atoms with Crippen LogP contribution >= 0.6 is 0 Å². The van der Waals surface area contributed by atoms with Crippen LogP contribution in [0.2, 0.25) is 0 Å². The number of hydrogen-bond donors (Lipinski definition) is 3. The summed E-state index contributed by atoms with van der Waals surface area (Å²) in [7, 11) is 0. The predicted octanol–water partition coefficient (Wildman–Crippen LogP) is 0.988. The lowest BCUT2D eigenvalue weighted by Crippen LogP contribution is -2.59. The first-order valence-corrected chi connectivity index (χ1v) is 8.24. The molecule has 0 bridgehead atoms. The molecule has 3 N–H and O–H groups in total. The molecule has 0 aliphatic carbocycles. The molecule has 138 valence electrons. The quantitative estimate of drug-likeness (QED) is 0.750. The molecule has 1 aromatic heterocycles. The number of aliphatic hydroxyl groups excluding tert-OH is 1. The smallest absolute Gasteiger partial charge is 0.270 e. The van der Waals surface area contributed by atoms with Gasteiger partial charge in [-0.25, -0.2) is 14.4 Å². The molecule has 26 heavy (non-hydrogen) atoms. The standard InChI is InChI=1S/C18H20FN3O4/c1-11-16(23)18(25,9-21-17(24)14-5-6-20-10-22-14)8-15(26-11)12-3-2-4-13(19)7-12/h2-7,10-11,15-16,23,25H,8-9H2,1H3,(H,21,24)/t11-,15-,16-,18-/m1/s1. The molecule has 1 aliphatic rings. The van der Waals surface area contributed by atoms with Crippen LogP contribution in [0.25, 0.3) is 0 Å². The van der Waals surface area contributed by atoms with Gasteiger partial charge in [0.1, 0.15) is 29.5 Å². The zero-order chi connectivity index (χ0) is 18.7. The van der Waals surface area contributed by atoms with Crippen LogP contribution in [0.3, 0.4) is 0 Å². The highest BCUT2D eigenvalue weighted by molar-refractivity contribution is 5.92. The number of aromatic nitrogens is 2. The van der Waals surface area contributed by atoms with Gasteiger partial charge in [0.05, 0.1) is 12.2 Å². The maximum absolute atomic E-state index is 13.5. The van der Waals surface area contributed by atoms with E-state index in [4.69, 9.17) is 4.74 Å². The van der Waals surface area contributed by atoms with Crippen molar-refractivity contribution in [3.63, 3.8) is 0 Å². The molecule has 1 aliphatic heterocycles. The van der Waals surface area contributed by atoms with Crippen molar-refractivity contribution in [1.82, 2.24) is 15.3 Å². The van der Waals surface area contributed by atoms with Crippen molar-refractivity contribution in [2.75, 3.05) is 6.54 Å². The molecule has 0 radical (unpaired) electrons. The minimum atomic E-state index is -1.63. The summed E-state index contributed by atoms with van der Waals surface area (Å²) in [4.78, 5) is 19.7. The van der Waals surface area contributed by atoms with Crippen molar-refractivity contribution < 1.29 is 24.1 Å². The minimum absolute atomic E-state index is 0.00597. The minimum Gasteiger partial charge on any atom is -0.387 e. The Labute approximate surface area is 149 Å². The average Bonchev–Trinajstić information content (AvgIpc) is 2.65. The van der Waals surface area contributed by atoms with E-state index in [2.05, 4.69) is 15.3 Å². The number of benzene rings is 1. The van der Waals surface area contributed by atoms with Gasteiger partial charge in [-0.3, -0.25) is 4.79 Å². The molecule has 1 aromatic carbocycles. The second-order valence-electron chi connectivity index (χ2n) is 6.41. The van der Waals surface area contributed by atoms with E-state index in [1.807, 2.05) is 0 Å². The van der Waals surface area contributed by atoms with Crippen LogP contribution in [0.1, 0.15) is 35.5 Å². The van der Waals surface area contributed by atoms with Gasteiger partial charge in [-0.05, 0) is 30.7 Å². The van der Waals surface area contributed by atoms with E-state index >= 15 is 0 Å². The van der Waals surface area contributed by atoms with Crippen LogP contribution in [-0.2, 0) is 4.74 Å². The van der Waals surface area contributed by atoms with E-state index in [1.165, 1.54) is 30.7 Å². The lowest BCUT2D eigenvalue weighted by molar-refractivity contribution is -0.210. The number of aliphatic hydroxyl groups is 2. The maximum atomic E-state index is 13.5. The second-order valence-corrected chi connectivity index (χ2v) is 6.41. The fourth-order valence-corrected chi connectivity index (χ4v) is 3.09. The van der Waals surface area contributed by atoms with E-state index in [9.17, 15) is 19.4 Å². The average molecular weight is 361 g/mol. The van der Waals surface area contributed by atoms with E-state index in [1.54, 1.807) is 19.1 Å². The van der Waals surface area contributed by atoms with Crippen LogP contribution in [0.4, 0.5) is 4.39 Å². The van der Waals surface area contributed by atoms with Crippen molar-refractivity contribution in [1.29, 1.82) is 0 Å². The van der Waals surface area contributed by atoms with E-state index < -0.39 is 35.6 Å². The molecular formula is C18H20FN3O4. The maximum Gasteiger partial charge on any atom is 0.270 e. The summed E-state index contributed by atoms with van der Waals surface area (Å²) < 4.78 is 19.2. The highest BCUT2D eigenvalue weighted by Crippen LogP contribution is 2.37. The summed E-state index contributed by atoms with van der Waals surface area (Å²) in [6, 6.07) is 7.34. The number of nitrogens with zero attached hydrogens (tertiary/aromatic N) is 2. The van der Waals surface area contributed by atoms with E-state index in [0.717, 1.165) is 0 Å². The van der Waals surface area contributed by atoms with Crippen molar-refractivity contribution >= 4 is 5.91 Å². The van der Waals surface area contributed by atoms with Gasteiger partial charge >= 0.3 is 0 Å². The zero-order valence-electron chi connectivity index (χ0n) is 14.2. The van der Waals surface area contributed by atoms with Gasteiger partial charge in [-0.15, -0.1) is 0 Å². The first-order chi connectivity index (χ1) is 12.4. The van der Waals surface area contributed by atoms with Crippen molar-refractivity contribution in [2.45, 2.75) is 37.3 Å². The van der Waals surface area contributed by atoms with Gasteiger partial charge < -0.3 is 20.3 Å². The Hall–Kier alpha value is -2.42. The van der Waals surface area contributed by atoms with E-state index in [0.29, 0.717) is 5.56 Å². The Kier molecular flexibility index (Phi) is 5.26. The fraction of sp³-hybridized carbons (Fsp3) is 0.389. The number of nitrogens with one attached hydrogen (secondary N) is 1. The number of halogens is 1. The summed E-state index contributed by atoms with van der Waals surface area (Å²) >= 11 is 0. The topological polar surface area (TPSA) is 105 Å². The predicted molar refractivity (Wildman–Crippen MR) is 89.6 cm³/mol. The lowest BCUT2D eigenvalue weighted by Gasteiger charge is -2.44. The number of ether oxygens (including phenoxy) is 1. The monoisotopic (exact) mass is 361 g/mol. The number of amides is 1. The molecule has 3 rings (SSSR count). The Bertz CT molecular complexity index is 776. The number of hydrogen-bond acceptors (Lipinski definition) is 6. The molecule has 8 heteroatoms. The van der Waals surface area contributed by atoms with Crippen molar-refractivity contribution in [3.8, 4) is 0 Å². The molecule has 1 saturated heterocycles. The van der Waals surface area contributed by atoms with Gasteiger partial charge in [0.15, 0.2) is 0 Å². The highest BCUT2D eigenvalue weighted by atomic mass is 19.1. The lowest BCUT2D eigenvalue weighted by atomic mass is 9.82. The van der Waals surface area contributed by atoms with Crippen LogP contribution in [-0.4, -0.2) is 50.4 Å². The van der Waals surface area contributed by atoms with Gasteiger partial charge in [0.2, 0.25) is 0 Å². The van der Waals surface area contributed by atoms with Crippen LogP contribution in [0.15, 0.2) is 42.9 Å². The largest absolute Gasteiger partial charge is 0.387 e. The Morgan fingerprint density at radius 2 is 2.27 bits per heavy atom. The summed E-state index contributed by atoms with van der Waals surface area (Å²) in [6.45, 7) is 1.42. The third-order valence-corrected chi connectivity index (χ3v) is 4.50. The normalized spacial score (nSPS) is 28.5. The zero-order valence-corrected chi connectivity index (χ0v) is 14.2. The molecule has 4 atom stereocenters. The first-order valence-electron chi connectivity index (χ1n) is 8.24. The third-order valence-electron chi connectivity index (χ3n) is 4.50. The van der Waals surface area contributed by atoms with Crippen LogP contribution in [0.5, 0.6) is 0 Å². The van der Waals surface area contributed by atoms with Gasteiger partial charge in [-0.1, -0.05) is 12.1 Å². The molecule has 1 amide bonds. The molecule has 0 spiro atoms. The highest BCUT2D eigenvalue weighted by Gasteiger charge is 2.47. The van der Waals surface area contributed by atoms with Crippen molar-refractivity contribution in [2.24, 2.45) is 0 Å². The second kappa shape index (κ2) is 7.45. The molecule has 2 heterocycles. The SMILES string of the molecule is C[C@H]1O[C@@H](c2cccc(F)c2)C[C@@](O)(CNC(=O)c2ccncn2)[C@@H]1O. The molecule has 1 fully saturated rings.